The van der Waals surface area contributed by atoms with E-state index in [2.05, 4.69) is 0 Å². The van der Waals surface area contributed by atoms with Crippen molar-refractivity contribution in [2.75, 3.05) is 11.5 Å². The highest BCUT2D eigenvalue weighted by Gasteiger charge is 2.15. The first-order chi connectivity index (χ1) is 8.34. The van der Waals surface area contributed by atoms with Crippen LogP contribution in [0.5, 0.6) is 5.75 Å². The van der Waals surface area contributed by atoms with E-state index in [1.807, 2.05) is 38.1 Å². The highest BCUT2D eigenvalue weighted by molar-refractivity contribution is 7.91. The molecule has 1 aromatic carbocycles. The summed E-state index contributed by atoms with van der Waals surface area (Å²) in [5.74, 6) is 0.864. The molecule has 0 radical (unpaired) electrons. The fourth-order valence-electron chi connectivity index (χ4n) is 1.55. The Morgan fingerprint density at radius 3 is 2.22 bits per heavy atom. The molecule has 1 unspecified atom stereocenters. The molecule has 18 heavy (non-hydrogen) atoms. The molecule has 0 spiro atoms. The van der Waals surface area contributed by atoms with Crippen molar-refractivity contribution in [2.24, 2.45) is 5.73 Å². The highest BCUT2D eigenvalue weighted by Crippen LogP contribution is 2.18. The molecule has 4 nitrogen and oxygen atoms in total. The van der Waals surface area contributed by atoms with E-state index in [9.17, 15) is 8.42 Å². The molecule has 102 valence electrons. The monoisotopic (exact) mass is 271 g/mol. The molecule has 1 atom stereocenters. The van der Waals surface area contributed by atoms with Gasteiger partial charge in [-0.15, -0.1) is 0 Å². The van der Waals surface area contributed by atoms with Crippen LogP contribution in [0.4, 0.5) is 0 Å². The largest absolute Gasteiger partial charge is 0.491 e. The molecular weight excluding hydrogens is 250 g/mol. The fraction of sp³-hybridized carbons (Fsp3) is 0.538. The highest BCUT2D eigenvalue weighted by atomic mass is 32.2. The molecule has 0 saturated heterocycles. The third kappa shape index (κ3) is 4.66. The number of nitrogens with two attached hydrogens (primary N) is 1. The van der Waals surface area contributed by atoms with Crippen molar-refractivity contribution in [1.82, 2.24) is 0 Å². The van der Waals surface area contributed by atoms with Gasteiger partial charge in [-0.1, -0.05) is 19.1 Å². The zero-order valence-electron chi connectivity index (χ0n) is 11.1. The summed E-state index contributed by atoms with van der Waals surface area (Å²) in [5, 5.41) is 0. The predicted molar refractivity (Wildman–Crippen MR) is 73.5 cm³/mol. The Hall–Kier alpha value is -1.07. The van der Waals surface area contributed by atoms with Crippen molar-refractivity contribution < 1.29 is 13.2 Å². The van der Waals surface area contributed by atoms with Crippen LogP contribution in [-0.4, -0.2) is 26.0 Å². The van der Waals surface area contributed by atoms with Gasteiger partial charge < -0.3 is 10.5 Å². The van der Waals surface area contributed by atoms with E-state index in [-0.39, 0.29) is 17.6 Å². The summed E-state index contributed by atoms with van der Waals surface area (Å²) in [4.78, 5) is 0. The third-order valence-electron chi connectivity index (χ3n) is 2.55. The molecule has 0 aliphatic heterocycles. The molecule has 5 heteroatoms. The Morgan fingerprint density at radius 2 is 1.78 bits per heavy atom. The van der Waals surface area contributed by atoms with Crippen LogP contribution in [0.1, 0.15) is 32.4 Å². The normalized spacial score (nSPS) is 13.6. The van der Waals surface area contributed by atoms with E-state index in [0.717, 1.165) is 11.3 Å². The predicted octanol–water partition coefficient (Wildman–Crippen LogP) is 1.91. The van der Waals surface area contributed by atoms with Crippen LogP contribution >= 0.6 is 0 Å². The number of hydrogen-bond acceptors (Lipinski definition) is 4. The van der Waals surface area contributed by atoms with Crippen molar-refractivity contribution in [3.63, 3.8) is 0 Å². The maximum atomic E-state index is 11.5. The van der Waals surface area contributed by atoms with Gasteiger partial charge in [0.1, 0.15) is 5.75 Å². The number of hydrogen-bond donors (Lipinski definition) is 1. The second kappa shape index (κ2) is 6.20. The summed E-state index contributed by atoms with van der Waals surface area (Å²) in [6.07, 6.45) is 0.116. The van der Waals surface area contributed by atoms with Crippen LogP contribution in [0.2, 0.25) is 0 Å². The van der Waals surface area contributed by atoms with Gasteiger partial charge in [0.2, 0.25) is 0 Å². The van der Waals surface area contributed by atoms with E-state index in [4.69, 9.17) is 10.5 Å². The average Bonchev–Trinajstić information content (AvgIpc) is 2.28. The first kappa shape index (κ1) is 15.0. The summed E-state index contributed by atoms with van der Waals surface area (Å²) >= 11 is 0. The molecule has 0 bridgehead atoms. The van der Waals surface area contributed by atoms with Crippen LogP contribution in [0, 0.1) is 0 Å². The van der Waals surface area contributed by atoms with Crippen LogP contribution in [0.25, 0.3) is 0 Å². The van der Waals surface area contributed by atoms with Crippen LogP contribution in [-0.2, 0) is 9.84 Å². The lowest BCUT2D eigenvalue weighted by Gasteiger charge is -2.14. The Bertz CT molecular complexity index is 466. The first-order valence-corrected chi connectivity index (χ1v) is 7.89. The van der Waals surface area contributed by atoms with E-state index in [1.54, 1.807) is 6.92 Å². The topological polar surface area (TPSA) is 69.4 Å². The SMILES string of the molecule is CCS(=O)(=O)CC(N)c1ccc(OC(C)C)cc1. The van der Waals surface area contributed by atoms with Crippen molar-refractivity contribution in [2.45, 2.75) is 32.9 Å². The molecule has 0 saturated carbocycles. The maximum absolute atomic E-state index is 11.5. The summed E-state index contributed by atoms with van der Waals surface area (Å²) in [6, 6.07) is 6.77. The maximum Gasteiger partial charge on any atom is 0.151 e. The van der Waals surface area contributed by atoms with E-state index in [0.29, 0.717) is 0 Å². The van der Waals surface area contributed by atoms with Crippen molar-refractivity contribution in [3.05, 3.63) is 29.8 Å². The molecule has 0 fully saturated rings. The van der Waals surface area contributed by atoms with Crippen molar-refractivity contribution >= 4 is 9.84 Å². The lowest BCUT2D eigenvalue weighted by Crippen LogP contribution is -2.22. The second-order valence-electron chi connectivity index (χ2n) is 4.54. The second-order valence-corrected chi connectivity index (χ2v) is 6.94. The minimum Gasteiger partial charge on any atom is -0.491 e. The Morgan fingerprint density at radius 1 is 1.22 bits per heavy atom. The molecule has 2 N–H and O–H groups in total. The van der Waals surface area contributed by atoms with Crippen LogP contribution in [0.3, 0.4) is 0 Å². The number of ether oxygens (including phenoxy) is 1. The summed E-state index contributed by atoms with van der Waals surface area (Å²) in [5.41, 5.74) is 6.70. The molecule has 0 amide bonds. The quantitative estimate of drug-likeness (QED) is 0.858. The third-order valence-corrected chi connectivity index (χ3v) is 4.30. The fourth-order valence-corrected chi connectivity index (χ4v) is 2.53. The van der Waals surface area contributed by atoms with Crippen LogP contribution in [0.15, 0.2) is 24.3 Å². The van der Waals surface area contributed by atoms with Gasteiger partial charge in [-0.05, 0) is 31.5 Å². The standard InChI is InChI=1S/C13H21NO3S/c1-4-18(15,16)9-13(14)11-5-7-12(8-6-11)17-10(2)3/h5-8,10,13H,4,9,14H2,1-3H3. The van der Waals surface area contributed by atoms with E-state index < -0.39 is 15.9 Å². The molecule has 0 aliphatic rings. The van der Waals surface area contributed by atoms with Gasteiger partial charge in [-0.25, -0.2) is 8.42 Å². The number of rotatable bonds is 6. The Balaban J connectivity index is 2.73. The van der Waals surface area contributed by atoms with Gasteiger partial charge in [0, 0.05) is 11.8 Å². The average molecular weight is 271 g/mol. The van der Waals surface area contributed by atoms with Crippen molar-refractivity contribution in [3.8, 4) is 5.75 Å². The zero-order valence-corrected chi connectivity index (χ0v) is 11.9. The minimum atomic E-state index is -3.05. The van der Waals surface area contributed by atoms with Gasteiger partial charge in [0.15, 0.2) is 9.84 Å². The van der Waals surface area contributed by atoms with E-state index in [1.165, 1.54) is 0 Å². The summed E-state index contributed by atoms with van der Waals surface area (Å²) in [6.45, 7) is 5.53. The molecule has 1 aromatic rings. The molecule has 1 rings (SSSR count). The Labute approximate surface area is 109 Å². The molecule has 0 heterocycles. The van der Waals surface area contributed by atoms with Gasteiger partial charge in [-0.3, -0.25) is 0 Å². The zero-order chi connectivity index (χ0) is 13.8. The Kier molecular flexibility index (Phi) is 5.16. The smallest absolute Gasteiger partial charge is 0.151 e. The number of sulfone groups is 1. The van der Waals surface area contributed by atoms with Gasteiger partial charge in [-0.2, -0.15) is 0 Å². The lowest BCUT2D eigenvalue weighted by molar-refractivity contribution is 0.242. The van der Waals surface area contributed by atoms with Gasteiger partial charge in [0.05, 0.1) is 11.9 Å². The van der Waals surface area contributed by atoms with Crippen molar-refractivity contribution in [1.29, 1.82) is 0 Å². The van der Waals surface area contributed by atoms with Crippen LogP contribution < -0.4 is 10.5 Å². The van der Waals surface area contributed by atoms with Gasteiger partial charge >= 0.3 is 0 Å². The lowest BCUT2D eigenvalue weighted by atomic mass is 10.1. The molecule has 0 aromatic heterocycles. The first-order valence-electron chi connectivity index (χ1n) is 6.06. The van der Waals surface area contributed by atoms with Gasteiger partial charge in [0.25, 0.3) is 0 Å². The summed E-state index contributed by atoms with van der Waals surface area (Å²) < 4.78 is 28.5. The molecule has 0 aliphatic carbocycles. The number of benzene rings is 1. The molecular formula is C13H21NO3S. The van der Waals surface area contributed by atoms with E-state index >= 15 is 0 Å². The summed E-state index contributed by atoms with van der Waals surface area (Å²) in [7, 11) is -3.05. The minimum absolute atomic E-state index is 0.0200.